The van der Waals surface area contributed by atoms with Gasteiger partial charge in [-0.1, -0.05) is 46.4 Å². The lowest BCUT2D eigenvalue weighted by atomic mass is 10.2. The Balaban J connectivity index is 0.000000188. The summed E-state index contributed by atoms with van der Waals surface area (Å²) in [6.07, 6.45) is -7.14. The lowest BCUT2D eigenvalue weighted by molar-refractivity contribution is -0.141. The fourth-order valence-electron chi connectivity index (χ4n) is 5.01. The van der Waals surface area contributed by atoms with E-state index in [9.17, 15) is 26.3 Å². The van der Waals surface area contributed by atoms with Crippen LogP contribution in [0.25, 0.3) is 11.4 Å². The molecule has 3 atom stereocenters. The van der Waals surface area contributed by atoms with Gasteiger partial charge in [-0.25, -0.2) is 15.0 Å². The van der Waals surface area contributed by atoms with E-state index >= 15 is 0 Å². The molecule has 22 heteroatoms. The molecule has 0 radical (unpaired) electrons. The van der Waals surface area contributed by atoms with E-state index in [0.29, 0.717) is 45.3 Å². The van der Waals surface area contributed by atoms with Crippen LogP contribution >= 0.6 is 46.4 Å². The van der Waals surface area contributed by atoms with Crippen LogP contribution in [0.15, 0.2) is 28.2 Å². The Morgan fingerprint density at radius 1 is 0.812 bits per heavy atom. The molecule has 262 valence electrons. The highest BCUT2D eigenvalue weighted by molar-refractivity contribution is 6.42. The van der Waals surface area contributed by atoms with E-state index < -0.39 is 29.2 Å². The molecule has 3 N–H and O–H groups in total. The minimum atomic E-state index is -4.62. The predicted molar refractivity (Wildman–Crippen MR) is 165 cm³/mol. The maximum absolute atomic E-state index is 13.1. The number of halogens is 10. The first-order valence-electron chi connectivity index (χ1n) is 14.1. The number of anilines is 1. The molecule has 2 fully saturated rings. The fraction of sp³-hybridized carbons (Fsp3) is 0.500. The van der Waals surface area contributed by atoms with Gasteiger partial charge in [-0.3, -0.25) is 10.2 Å². The summed E-state index contributed by atoms with van der Waals surface area (Å²) in [5.41, 5.74) is -3.52. The number of ether oxygens (including phenoxy) is 2. The van der Waals surface area contributed by atoms with Gasteiger partial charge in [0.1, 0.15) is 16.7 Å². The van der Waals surface area contributed by atoms with Crippen molar-refractivity contribution in [2.45, 2.75) is 43.8 Å². The van der Waals surface area contributed by atoms with E-state index in [-0.39, 0.29) is 55.9 Å². The molecule has 3 aromatic rings. The van der Waals surface area contributed by atoms with Crippen LogP contribution in [-0.4, -0.2) is 98.2 Å². The number of nitrogens with zero attached hydrogens (tertiary/aromatic N) is 7. The van der Waals surface area contributed by atoms with Crippen LogP contribution in [0.1, 0.15) is 30.8 Å². The second kappa shape index (κ2) is 14.4. The largest absolute Gasteiger partial charge is 0.433 e. The molecule has 0 bridgehead atoms. The minimum absolute atomic E-state index is 0.00958. The monoisotopic (exact) mass is 764 g/mol. The summed E-state index contributed by atoms with van der Waals surface area (Å²) in [7, 11) is 0. The fourth-order valence-corrected chi connectivity index (χ4v) is 5.77. The SMILES string of the molecule is C[C@@H]1COCCN1C1=C(Cl)C(Cl)N=C(c2cn[nH]c2C(F)(F)F)N1.C[C@@H]1COCCN1c1nc(-c2cn[nH]c2C(F)(F)F)nc(Cl)c1Cl. The van der Waals surface area contributed by atoms with Gasteiger partial charge in [-0.05, 0) is 13.8 Å². The van der Waals surface area contributed by atoms with Crippen LogP contribution in [0.5, 0.6) is 0 Å². The minimum Gasteiger partial charge on any atom is -0.377 e. The third kappa shape index (κ3) is 7.73. The quantitative estimate of drug-likeness (QED) is 0.129. The highest BCUT2D eigenvalue weighted by Gasteiger charge is 2.40. The van der Waals surface area contributed by atoms with Gasteiger partial charge < -0.3 is 24.6 Å². The van der Waals surface area contributed by atoms with Crippen molar-refractivity contribution in [2.24, 2.45) is 4.99 Å². The van der Waals surface area contributed by atoms with Gasteiger partial charge >= 0.3 is 12.4 Å². The smallest absolute Gasteiger partial charge is 0.377 e. The van der Waals surface area contributed by atoms with E-state index in [1.807, 2.05) is 33.8 Å². The molecule has 0 amide bonds. The number of alkyl halides is 7. The van der Waals surface area contributed by atoms with Gasteiger partial charge in [0.15, 0.2) is 33.7 Å². The van der Waals surface area contributed by atoms with Crippen molar-refractivity contribution in [3.8, 4) is 11.4 Å². The number of nitrogens with one attached hydrogen (secondary N) is 3. The van der Waals surface area contributed by atoms with Crippen molar-refractivity contribution < 1.29 is 35.8 Å². The Bertz CT molecular complexity index is 1680. The summed E-state index contributed by atoms with van der Waals surface area (Å²) < 4.78 is 89.1. The van der Waals surface area contributed by atoms with E-state index in [2.05, 4.69) is 30.5 Å². The standard InChI is InChI=1S/C13H14Cl2F3N5O.C13H12Cl2F3N5O/c2*1-6-5-24-3-2-23(6)12-8(14)10(15)20-11(21-12)7-4-19-22-9(7)13(16,17)18/h4,6,10H,2-3,5H2,1H3,(H,19,22)(H,20,21);4,6H,2-3,5H2,1H3,(H,19,22)/t6-,10?;6-/m11/s1. The first-order chi connectivity index (χ1) is 22.6. The summed E-state index contributed by atoms with van der Waals surface area (Å²) >= 11 is 24.5. The van der Waals surface area contributed by atoms with Crippen LogP contribution in [0.3, 0.4) is 0 Å². The summed E-state index contributed by atoms with van der Waals surface area (Å²) in [5, 5.41) is 13.8. The molecule has 1 unspecified atom stereocenters. The Hall–Kier alpha value is -3.03. The number of morpholine rings is 2. The van der Waals surface area contributed by atoms with Crippen molar-refractivity contribution in [1.29, 1.82) is 0 Å². The molecule has 3 aliphatic rings. The van der Waals surface area contributed by atoms with Gasteiger partial charge in [0.2, 0.25) is 0 Å². The number of aliphatic imine (C=N–C) groups is 1. The van der Waals surface area contributed by atoms with Gasteiger partial charge in [-0.2, -0.15) is 36.5 Å². The third-order valence-electron chi connectivity index (χ3n) is 7.34. The van der Waals surface area contributed by atoms with Crippen molar-refractivity contribution in [2.75, 3.05) is 44.4 Å². The lowest BCUT2D eigenvalue weighted by Gasteiger charge is -2.39. The van der Waals surface area contributed by atoms with Crippen LogP contribution in [0, 0.1) is 0 Å². The van der Waals surface area contributed by atoms with E-state index in [1.165, 1.54) is 0 Å². The Kier molecular flexibility index (Phi) is 10.9. The molecule has 48 heavy (non-hydrogen) atoms. The molecule has 3 aliphatic heterocycles. The van der Waals surface area contributed by atoms with Crippen molar-refractivity contribution in [3.05, 3.63) is 50.4 Å². The zero-order valence-corrected chi connectivity index (χ0v) is 27.9. The van der Waals surface area contributed by atoms with Crippen molar-refractivity contribution >= 4 is 58.1 Å². The van der Waals surface area contributed by atoms with Gasteiger partial charge in [0, 0.05) is 13.1 Å². The van der Waals surface area contributed by atoms with Crippen LogP contribution in [-0.2, 0) is 21.8 Å². The molecule has 6 heterocycles. The maximum Gasteiger partial charge on any atom is 0.433 e. The van der Waals surface area contributed by atoms with Gasteiger partial charge in [0.25, 0.3) is 0 Å². The molecular formula is C26H26Cl4F6N10O2. The van der Waals surface area contributed by atoms with E-state index in [4.69, 9.17) is 55.9 Å². The normalized spacial score (nSPS) is 22.2. The van der Waals surface area contributed by atoms with Gasteiger partial charge in [-0.15, -0.1) is 0 Å². The Labute approximate surface area is 288 Å². The molecule has 0 spiro atoms. The number of hydrogen-bond donors (Lipinski definition) is 3. The molecule has 0 aromatic carbocycles. The average molecular weight is 766 g/mol. The van der Waals surface area contributed by atoms with Gasteiger partial charge in [0.05, 0.1) is 67.1 Å². The van der Waals surface area contributed by atoms with E-state index in [0.717, 1.165) is 12.4 Å². The highest BCUT2D eigenvalue weighted by Crippen LogP contribution is 2.38. The maximum atomic E-state index is 13.1. The zero-order chi connectivity index (χ0) is 35.0. The molecule has 3 aromatic heterocycles. The molecule has 6 rings (SSSR count). The van der Waals surface area contributed by atoms with Crippen LogP contribution in [0.4, 0.5) is 32.2 Å². The number of rotatable bonds is 4. The predicted octanol–water partition coefficient (Wildman–Crippen LogP) is 5.89. The Morgan fingerprint density at radius 2 is 1.35 bits per heavy atom. The topological polar surface area (TPSA) is 132 Å². The molecule has 2 saturated heterocycles. The van der Waals surface area contributed by atoms with Crippen molar-refractivity contribution in [3.63, 3.8) is 0 Å². The molecule has 0 aliphatic carbocycles. The number of H-pyrrole nitrogens is 2. The third-order valence-corrected chi connectivity index (χ3v) is 8.88. The highest BCUT2D eigenvalue weighted by atomic mass is 35.5. The van der Waals surface area contributed by atoms with Crippen LogP contribution in [0.2, 0.25) is 10.2 Å². The number of aromatic nitrogens is 6. The number of amidine groups is 1. The first kappa shape index (κ1) is 36.3. The summed E-state index contributed by atoms with van der Waals surface area (Å²) in [4.78, 5) is 15.8. The average Bonchev–Trinajstić information content (AvgIpc) is 3.72. The zero-order valence-electron chi connectivity index (χ0n) is 24.9. The van der Waals surface area contributed by atoms with Crippen molar-refractivity contribution in [1.82, 2.24) is 40.6 Å². The molecule has 12 nitrogen and oxygen atoms in total. The second-order valence-electron chi connectivity index (χ2n) is 10.7. The van der Waals surface area contributed by atoms with E-state index in [1.54, 1.807) is 0 Å². The summed E-state index contributed by atoms with van der Waals surface area (Å²) in [6, 6.07) is -0.0637. The first-order valence-corrected chi connectivity index (χ1v) is 15.7. The molecule has 0 saturated carbocycles. The summed E-state index contributed by atoms with van der Waals surface area (Å²) in [6.45, 7) is 6.71. The lowest BCUT2D eigenvalue weighted by Crippen LogP contribution is -2.49. The second-order valence-corrected chi connectivity index (χ2v) is 12.2. The number of aromatic amines is 2. The summed E-state index contributed by atoms with van der Waals surface area (Å²) in [5.74, 6) is 0.483. The number of hydrogen-bond acceptors (Lipinski definition) is 10. The van der Waals surface area contributed by atoms with Crippen LogP contribution < -0.4 is 10.2 Å². The Morgan fingerprint density at radius 3 is 1.92 bits per heavy atom. The molecular weight excluding hydrogens is 740 g/mol.